The van der Waals surface area contributed by atoms with Crippen molar-refractivity contribution in [3.8, 4) is 0 Å². The Bertz CT molecular complexity index is 799. The van der Waals surface area contributed by atoms with Crippen molar-refractivity contribution in [1.29, 1.82) is 0 Å². The van der Waals surface area contributed by atoms with Crippen LogP contribution in [0.2, 0.25) is 0 Å². The van der Waals surface area contributed by atoms with Crippen LogP contribution in [0.15, 0.2) is 36.4 Å². The minimum atomic E-state index is -0.583. The zero-order valence-corrected chi connectivity index (χ0v) is 14.0. The summed E-state index contributed by atoms with van der Waals surface area (Å²) in [4.78, 5) is 0. The first-order valence-electron chi connectivity index (χ1n) is 8.65. The Hall–Kier alpha value is -2.01. The third-order valence-corrected chi connectivity index (χ3v) is 6.14. The fourth-order valence-corrected chi connectivity index (χ4v) is 4.55. The van der Waals surface area contributed by atoms with Gasteiger partial charge in [-0.15, -0.1) is 0 Å². The molecular weight excluding hydrogens is 325 g/mol. The summed E-state index contributed by atoms with van der Waals surface area (Å²) in [5.74, 6) is -0.742. The van der Waals surface area contributed by atoms with E-state index in [1.54, 1.807) is 12.1 Å². The zero-order chi connectivity index (χ0) is 17.8. The van der Waals surface area contributed by atoms with Crippen LogP contribution in [0, 0.1) is 29.3 Å². The molecule has 1 heterocycles. The molecule has 1 fully saturated rings. The third-order valence-electron chi connectivity index (χ3n) is 6.14. The lowest BCUT2D eigenvalue weighted by molar-refractivity contribution is 0.100. The van der Waals surface area contributed by atoms with Crippen molar-refractivity contribution >= 4 is 5.69 Å². The first-order valence-corrected chi connectivity index (χ1v) is 8.65. The van der Waals surface area contributed by atoms with Crippen LogP contribution in [0.5, 0.6) is 0 Å². The summed E-state index contributed by atoms with van der Waals surface area (Å²) >= 11 is 0. The van der Waals surface area contributed by atoms with Crippen LogP contribution in [-0.2, 0) is 5.41 Å². The molecule has 0 aromatic heterocycles. The number of anilines is 1. The number of rotatable bonds is 3. The van der Waals surface area contributed by atoms with E-state index in [0.29, 0.717) is 23.7 Å². The van der Waals surface area contributed by atoms with Gasteiger partial charge < -0.3 is 11.1 Å². The predicted octanol–water partition coefficient (Wildman–Crippen LogP) is 4.51. The molecule has 4 rings (SSSR count). The van der Waals surface area contributed by atoms with E-state index in [4.69, 9.17) is 5.73 Å². The number of hydrogen-bond acceptors (Lipinski definition) is 2. The molecule has 1 aliphatic heterocycles. The normalized spacial score (nSPS) is 30.5. The van der Waals surface area contributed by atoms with E-state index in [9.17, 15) is 13.2 Å². The van der Waals surface area contributed by atoms with Crippen molar-refractivity contribution in [2.24, 2.45) is 17.6 Å². The molecule has 2 atom stereocenters. The quantitative estimate of drug-likeness (QED) is 0.858. The maximum atomic E-state index is 14.4. The van der Waals surface area contributed by atoms with Gasteiger partial charge in [-0.3, -0.25) is 0 Å². The molecule has 2 unspecified atom stereocenters. The van der Waals surface area contributed by atoms with Crippen molar-refractivity contribution in [1.82, 2.24) is 0 Å². The minimum Gasteiger partial charge on any atom is -0.375 e. The lowest BCUT2D eigenvalue weighted by Crippen LogP contribution is -2.45. The van der Waals surface area contributed by atoms with Gasteiger partial charge in [0, 0.05) is 11.5 Å². The molecule has 2 aromatic carbocycles. The van der Waals surface area contributed by atoms with Crippen molar-refractivity contribution in [2.45, 2.75) is 31.2 Å². The summed E-state index contributed by atoms with van der Waals surface area (Å²) in [6, 6.07) is 8.34. The summed E-state index contributed by atoms with van der Waals surface area (Å²) in [6.07, 6.45) is 1.87. The number of nitrogens with one attached hydrogen (secondary N) is 1. The summed E-state index contributed by atoms with van der Waals surface area (Å²) in [5.41, 5.74) is 7.19. The Kier molecular flexibility index (Phi) is 3.80. The van der Waals surface area contributed by atoms with E-state index in [0.717, 1.165) is 24.5 Å². The zero-order valence-electron chi connectivity index (χ0n) is 14.0. The summed E-state index contributed by atoms with van der Waals surface area (Å²) in [6.45, 7) is 2.68. The van der Waals surface area contributed by atoms with Crippen molar-refractivity contribution in [2.75, 3.05) is 11.9 Å². The number of fused-ring (bicyclic) bond motifs is 1. The fraction of sp³-hybridized carbons (Fsp3) is 0.400. The molecule has 25 heavy (non-hydrogen) atoms. The topological polar surface area (TPSA) is 38.0 Å². The standard InChI is InChI=1S/C20H21F3N2/c1-20(13-6-11(7-13)10-24)16-8-15(22)9-17(23)18(16)25-19(20)12-2-4-14(21)5-3-12/h2-5,8-9,11,13,19,25H,6-7,10,24H2,1H3/t11-,13+,19?,20?. The molecule has 0 amide bonds. The second-order valence-electron chi connectivity index (χ2n) is 7.49. The molecular formula is C20H21F3N2. The smallest absolute Gasteiger partial charge is 0.149 e. The third kappa shape index (κ3) is 2.44. The van der Waals surface area contributed by atoms with Crippen LogP contribution < -0.4 is 11.1 Å². The highest BCUT2D eigenvalue weighted by Crippen LogP contribution is 2.59. The van der Waals surface area contributed by atoms with E-state index in [2.05, 4.69) is 12.2 Å². The minimum absolute atomic E-state index is 0.233. The van der Waals surface area contributed by atoms with Gasteiger partial charge >= 0.3 is 0 Å². The van der Waals surface area contributed by atoms with Gasteiger partial charge in [0.15, 0.2) is 0 Å². The molecule has 3 N–H and O–H groups in total. The first-order chi connectivity index (χ1) is 11.9. The number of hydrogen-bond donors (Lipinski definition) is 2. The Labute approximate surface area is 145 Å². The van der Waals surface area contributed by atoms with Gasteiger partial charge in [-0.1, -0.05) is 19.1 Å². The Morgan fingerprint density at radius 1 is 1.08 bits per heavy atom. The van der Waals surface area contributed by atoms with Crippen LogP contribution >= 0.6 is 0 Å². The number of benzene rings is 2. The maximum Gasteiger partial charge on any atom is 0.149 e. The monoisotopic (exact) mass is 346 g/mol. The average Bonchev–Trinajstić information content (AvgIpc) is 2.82. The lowest BCUT2D eigenvalue weighted by Gasteiger charge is -2.48. The van der Waals surface area contributed by atoms with E-state index >= 15 is 0 Å². The Morgan fingerprint density at radius 3 is 2.40 bits per heavy atom. The molecule has 1 saturated carbocycles. The Morgan fingerprint density at radius 2 is 1.76 bits per heavy atom. The van der Waals surface area contributed by atoms with Gasteiger partial charge in [-0.25, -0.2) is 13.2 Å². The molecule has 1 aliphatic carbocycles. The first kappa shape index (κ1) is 16.5. The van der Waals surface area contributed by atoms with E-state index in [1.165, 1.54) is 18.2 Å². The molecule has 2 nitrogen and oxygen atoms in total. The van der Waals surface area contributed by atoms with Gasteiger partial charge in [0.2, 0.25) is 0 Å². The van der Waals surface area contributed by atoms with E-state index < -0.39 is 17.0 Å². The molecule has 5 heteroatoms. The summed E-state index contributed by atoms with van der Waals surface area (Å²) in [7, 11) is 0. The maximum absolute atomic E-state index is 14.4. The number of halogens is 3. The highest BCUT2D eigenvalue weighted by atomic mass is 19.1. The lowest BCUT2D eigenvalue weighted by atomic mass is 9.56. The second kappa shape index (κ2) is 5.77. The van der Waals surface area contributed by atoms with Crippen LogP contribution in [0.25, 0.3) is 0 Å². The highest BCUT2D eigenvalue weighted by Gasteiger charge is 2.53. The average molecular weight is 346 g/mol. The Balaban J connectivity index is 1.81. The largest absolute Gasteiger partial charge is 0.375 e. The van der Waals surface area contributed by atoms with Crippen molar-refractivity contribution in [3.05, 3.63) is 65.0 Å². The molecule has 0 saturated heterocycles. The van der Waals surface area contributed by atoms with Crippen LogP contribution in [-0.4, -0.2) is 6.54 Å². The van der Waals surface area contributed by atoms with Gasteiger partial charge in [0.1, 0.15) is 17.5 Å². The molecule has 2 aliphatic rings. The summed E-state index contributed by atoms with van der Waals surface area (Å²) < 4.78 is 41.7. The van der Waals surface area contributed by atoms with Gasteiger partial charge in [-0.05, 0) is 60.5 Å². The fourth-order valence-electron chi connectivity index (χ4n) is 4.55. The van der Waals surface area contributed by atoms with Gasteiger partial charge in [-0.2, -0.15) is 0 Å². The highest BCUT2D eigenvalue weighted by molar-refractivity contribution is 5.65. The second-order valence-corrected chi connectivity index (χ2v) is 7.49. The van der Waals surface area contributed by atoms with Crippen LogP contribution in [0.4, 0.5) is 18.9 Å². The summed E-state index contributed by atoms with van der Waals surface area (Å²) in [5, 5.41) is 3.24. The molecule has 132 valence electrons. The van der Waals surface area contributed by atoms with Crippen molar-refractivity contribution < 1.29 is 13.2 Å². The molecule has 2 aromatic rings. The molecule has 0 bridgehead atoms. The van der Waals surface area contributed by atoms with E-state index in [-0.39, 0.29) is 17.8 Å². The molecule has 0 radical (unpaired) electrons. The number of nitrogens with two attached hydrogens (primary N) is 1. The SMILES string of the molecule is CC1([C@H]2C[C@@H](CN)C2)c2cc(F)cc(F)c2NC1c1ccc(F)cc1. The van der Waals surface area contributed by atoms with Crippen molar-refractivity contribution in [3.63, 3.8) is 0 Å². The molecule has 0 spiro atoms. The predicted molar refractivity (Wildman–Crippen MR) is 91.7 cm³/mol. The van der Waals surface area contributed by atoms with E-state index in [1.807, 2.05) is 0 Å². The van der Waals surface area contributed by atoms with Crippen LogP contribution in [0.3, 0.4) is 0 Å². The van der Waals surface area contributed by atoms with Gasteiger partial charge in [0.25, 0.3) is 0 Å². The van der Waals surface area contributed by atoms with Crippen LogP contribution in [0.1, 0.15) is 36.9 Å². The van der Waals surface area contributed by atoms with Gasteiger partial charge in [0.05, 0.1) is 11.7 Å².